The second-order valence-corrected chi connectivity index (χ2v) is 12.7. The van der Waals surface area contributed by atoms with Gasteiger partial charge < -0.3 is 0 Å². The highest BCUT2D eigenvalue weighted by atomic mass is 32.2. The van der Waals surface area contributed by atoms with Crippen molar-refractivity contribution in [2.24, 2.45) is 29.1 Å². The standard InChI is InChI=1S/C26H33N3O4S/c1-16(2)23(29-34(32,33)22-8-7-20-5-3-4-6-21(20)12-22)24(30)27-28-25(31)26-13-17-9-18(14-26)11-19(10-17)15-26/h3-8,12,16-19,23,29H,9-11,13-15H2,1-2H3,(H,27,30)(H,28,31). The Kier molecular flexibility index (Phi) is 5.92. The maximum atomic E-state index is 13.2. The molecule has 3 N–H and O–H groups in total. The molecule has 182 valence electrons. The van der Waals surface area contributed by atoms with Crippen LogP contribution in [0, 0.1) is 29.1 Å². The van der Waals surface area contributed by atoms with Crippen molar-refractivity contribution in [2.45, 2.75) is 63.3 Å². The zero-order valence-electron chi connectivity index (χ0n) is 19.7. The molecule has 1 unspecified atom stereocenters. The van der Waals surface area contributed by atoms with Gasteiger partial charge in [-0.2, -0.15) is 4.72 Å². The summed E-state index contributed by atoms with van der Waals surface area (Å²) in [6.07, 6.45) is 6.36. The molecule has 8 heteroatoms. The van der Waals surface area contributed by atoms with Gasteiger partial charge in [-0.15, -0.1) is 0 Å². The van der Waals surface area contributed by atoms with Gasteiger partial charge in [-0.1, -0.05) is 44.2 Å². The van der Waals surface area contributed by atoms with Crippen LogP contribution in [0.25, 0.3) is 10.8 Å². The van der Waals surface area contributed by atoms with Gasteiger partial charge in [0.05, 0.1) is 10.3 Å². The third-order valence-electron chi connectivity index (χ3n) is 8.08. The molecule has 1 atom stereocenters. The molecule has 0 spiro atoms. The Hall–Kier alpha value is -2.45. The van der Waals surface area contributed by atoms with Crippen molar-refractivity contribution in [1.82, 2.24) is 15.6 Å². The lowest BCUT2D eigenvalue weighted by atomic mass is 9.49. The lowest BCUT2D eigenvalue weighted by Gasteiger charge is -2.55. The molecule has 4 saturated carbocycles. The summed E-state index contributed by atoms with van der Waals surface area (Å²) in [5.74, 6) is 0.851. The molecule has 6 rings (SSSR count). The van der Waals surface area contributed by atoms with E-state index in [9.17, 15) is 18.0 Å². The first kappa shape index (κ1) is 23.3. The van der Waals surface area contributed by atoms with Crippen molar-refractivity contribution >= 4 is 32.6 Å². The Bertz CT molecular complexity index is 1190. The average Bonchev–Trinajstić information content (AvgIpc) is 2.79. The molecule has 2 aromatic rings. The largest absolute Gasteiger partial charge is 0.273 e. The number of fused-ring (bicyclic) bond motifs is 1. The molecule has 0 radical (unpaired) electrons. The van der Waals surface area contributed by atoms with E-state index in [-0.39, 0.29) is 22.1 Å². The van der Waals surface area contributed by atoms with Gasteiger partial charge in [-0.25, -0.2) is 8.42 Å². The maximum Gasteiger partial charge on any atom is 0.256 e. The van der Waals surface area contributed by atoms with E-state index in [4.69, 9.17) is 0 Å². The molecule has 0 heterocycles. The normalized spacial score (nSPS) is 28.7. The number of nitrogens with one attached hydrogen (secondary N) is 3. The number of carbonyl (C=O) groups excluding carboxylic acids is 2. The summed E-state index contributed by atoms with van der Waals surface area (Å²) in [4.78, 5) is 26.2. The minimum absolute atomic E-state index is 0.0993. The van der Waals surface area contributed by atoms with Gasteiger partial charge in [0.1, 0.15) is 6.04 Å². The molecule has 2 aromatic carbocycles. The Morgan fingerprint density at radius 2 is 1.47 bits per heavy atom. The smallest absolute Gasteiger partial charge is 0.256 e. The van der Waals surface area contributed by atoms with Crippen molar-refractivity contribution in [2.75, 3.05) is 0 Å². The van der Waals surface area contributed by atoms with Crippen LogP contribution in [0.2, 0.25) is 0 Å². The predicted octanol–water partition coefficient (Wildman–Crippen LogP) is 3.51. The van der Waals surface area contributed by atoms with Crippen LogP contribution >= 0.6 is 0 Å². The Morgan fingerprint density at radius 1 is 0.882 bits per heavy atom. The van der Waals surface area contributed by atoms with Crippen molar-refractivity contribution in [3.8, 4) is 0 Å². The van der Waals surface area contributed by atoms with E-state index in [0.717, 1.165) is 30.0 Å². The maximum absolute atomic E-state index is 13.2. The summed E-state index contributed by atoms with van der Waals surface area (Å²) in [7, 11) is -3.94. The Labute approximate surface area is 201 Å². The van der Waals surface area contributed by atoms with Crippen LogP contribution < -0.4 is 15.6 Å². The number of benzene rings is 2. The molecule has 34 heavy (non-hydrogen) atoms. The van der Waals surface area contributed by atoms with Crippen LogP contribution in [0.5, 0.6) is 0 Å². The molecule has 7 nitrogen and oxygen atoms in total. The van der Waals surface area contributed by atoms with Gasteiger partial charge in [0.2, 0.25) is 15.9 Å². The first-order chi connectivity index (χ1) is 16.1. The lowest BCUT2D eigenvalue weighted by Crippen LogP contribution is -2.59. The third kappa shape index (κ3) is 4.33. The number of carbonyl (C=O) groups is 2. The third-order valence-corrected chi connectivity index (χ3v) is 9.52. The van der Waals surface area contributed by atoms with Crippen LogP contribution in [-0.4, -0.2) is 26.3 Å². The molecular formula is C26H33N3O4S. The van der Waals surface area contributed by atoms with Crippen molar-refractivity contribution < 1.29 is 18.0 Å². The van der Waals surface area contributed by atoms with Gasteiger partial charge in [0, 0.05) is 0 Å². The van der Waals surface area contributed by atoms with E-state index in [1.165, 1.54) is 25.3 Å². The Morgan fingerprint density at radius 3 is 2.06 bits per heavy atom. The van der Waals surface area contributed by atoms with Crippen molar-refractivity contribution in [3.63, 3.8) is 0 Å². The van der Waals surface area contributed by atoms with Crippen molar-refractivity contribution in [3.05, 3.63) is 42.5 Å². The molecule has 0 saturated heterocycles. The van der Waals surface area contributed by atoms with E-state index in [1.807, 2.05) is 24.3 Å². The van der Waals surface area contributed by atoms with Gasteiger partial charge >= 0.3 is 0 Å². The first-order valence-electron chi connectivity index (χ1n) is 12.3. The highest BCUT2D eigenvalue weighted by Crippen LogP contribution is 2.60. The van der Waals surface area contributed by atoms with E-state index in [2.05, 4.69) is 15.6 Å². The molecule has 4 bridgehead atoms. The van der Waals surface area contributed by atoms with Gasteiger partial charge in [-0.3, -0.25) is 20.4 Å². The number of amides is 2. The number of hydrogen-bond donors (Lipinski definition) is 3. The van der Waals surface area contributed by atoms with Gasteiger partial charge in [0.15, 0.2) is 0 Å². The highest BCUT2D eigenvalue weighted by molar-refractivity contribution is 7.89. The first-order valence-corrected chi connectivity index (χ1v) is 13.7. The topological polar surface area (TPSA) is 104 Å². The molecule has 0 aliphatic heterocycles. The summed E-state index contributed by atoms with van der Waals surface area (Å²) < 4.78 is 28.7. The van der Waals surface area contributed by atoms with Crippen molar-refractivity contribution in [1.29, 1.82) is 0 Å². The monoisotopic (exact) mass is 483 g/mol. The molecule has 2 amide bonds. The molecule has 0 aromatic heterocycles. The number of sulfonamides is 1. The fourth-order valence-electron chi connectivity index (χ4n) is 6.78. The fraction of sp³-hybridized carbons (Fsp3) is 0.538. The number of hydrogen-bond acceptors (Lipinski definition) is 4. The number of hydrazine groups is 1. The van der Waals surface area contributed by atoms with E-state index in [1.54, 1.807) is 26.0 Å². The zero-order valence-corrected chi connectivity index (χ0v) is 20.5. The Balaban J connectivity index is 1.26. The molecule has 4 fully saturated rings. The van der Waals surface area contributed by atoms with Crippen LogP contribution in [0.15, 0.2) is 47.4 Å². The quantitative estimate of drug-likeness (QED) is 0.547. The molecule has 4 aliphatic rings. The highest BCUT2D eigenvalue weighted by Gasteiger charge is 2.54. The van der Waals surface area contributed by atoms with Crippen LogP contribution in [0.3, 0.4) is 0 Å². The SMILES string of the molecule is CC(C)C(NS(=O)(=O)c1ccc2ccccc2c1)C(=O)NNC(=O)C12CC3CC(CC(C3)C1)C2. The predicted molar refractivity (Wildman–Crippen MR) is 130 cm³/mol. The van der Waals surface area contributed by atoms with Crippen LogP contribution in [0.1, 0.15) is 52.4 Å². The van der Waals surface area contributed by atoms with E-state index in [0.29, 0.717) is 17.8 Å². The molecule has 4 aliphatic carbocycles. The summed E-state index contributed by atoms with van der Waals surface area (Å²) in [6, 6.07) is 11.4. The zero-order chi connectivity index (χ0) is 24.1. The molecular weight excluding hydrogens is 450 g/mol. The second-order valence-electron chi connectivity index (χ2n) is 11.0. The fourth-order valence-corrected chi connectivity index (χ4v) is 8.16. The van der Waals surface area contributed by atoms with Crippen LogP contribution in [0.4, 0.5) is 0 Å². The minimum atomic E-state index is -3.94. The summed E-state index contributed by atoms with van der Waals surface area (Å²) in [6.45, 7) is 3.54. The van der Waals surface area contributed by atoms with E-state index < -0.39 is 22.0 Å². The second kappa shape index (κ2) is 8.64. The van der Waals surface area contributed by atoms with Crippen LogP contribution in [-0.2, 0) is 19.6 Å². The van der Waals surface area contributed by atoms with Gasteiger partial charge in [-0.05, 0) is 85.1 Å². The summed E-state index contributed by atoms with van der Waals surface area (Å²) in [5.41, 5.74) is 4.79. The lowest BCUT2D eigenvalue weighted by molar-refractivity contribution is -0.149. The van der Waals surface area contributed by atoms with Gasteiger partial charge in [0.25, 0.3) is 5.91 Å². The summed E-state index contributed by atoms with van der Waals surface area (Å²) >= 11 is 0. The number of rotatable bonds is 6. The average molecular weight is 484 g/mol. The van der Waals surface area contributed by atoms with E-state index >= 15 is 0 Å². The summed E-state index contributed by atoms with van der Waals surface area (Å²) in [5, 5.41) is 1.74. The minimum Gasteiger partial charge on any atom is -0.273 e.